The zero-order chi connectivity index (χ0) is 18.6. The van der Waals surface area contributed by atoms with Gasteiger partial charge in [0.05, 0.1) is 30.9 Å². The van der Waals surface area contributed by atoms with Gasteiger partial charge in [-0.3, -0.25) is 4.99 Å². The Morgan fingerprint density at radius 3 is 2.96 bits per heavy atom. The molecule has 0 bridgehead atoms. The Bertz CT molecular complexity index is 1070. The second kappa shape index (κ2) is 7.14. The van der Waals surface area contributed by atoms with Crippen molar-refractivity contribution in [1.29, 1.82) is 5.26 Å². The van der Waals surface area contributed by atoms with E-state index in [2.05, 4.69) is 26.3 Å². The molecular formula is C20H15N5O2. The molecule has 1 N–H and O–H groups in total. The lowest BCUT2D eigenvalue weighted by Gasteiger charge is -2.17. The summed E-state index contributed by atoms with van der Waals surface area (Å²) in [4.78, 5) is 13.1. The first-order valence-corrected chi connectivity index (χ1v) is 8.23. The third-order valence-corrected chi connectivity index (χ3v) is 4.06. The number of aliphatic imine (C=N–C) groups is 1. The van der Waals surface area contributed by atoms with E-state index in [0.717, 1.165) is 22.6 Å². The van der Waals surface area contributed by atoms with Gasteiger partial charge < -0.3 is 14.8 Å². The number of hydrogen-bond donors (Lipinski definition) is 1. The molecule has 0 aliphatic carbocycles. The molecule has 2 heterocycles. The molecule has 0 radical (unpaired) electrons. The van der Waals surface area contributed by atoms with Gasteiger partial charge in [-0.05, 0) is 36.4 Å². The van der Waals surface area contributed by atoms with Crippen molar-refractivity contribution in [3.05, 3.63) is 65.5 Å². The fourth-order valence-electron chi connectivity index (χ4n) is 2.72. The molecule has 1 aliphatic heterocycles. The van der Waals surface area contributed by atoms with E-state index in [0.29, 0.717) is 29.6 Å². The van der Waals surface area contributed by atoms with E-state index >= 15 is 0 Å². The molecule has 7 nitrogen and oxygen atoms in total. The Hall–Kier alpha value is -3.92. The van der Waals surface area contributed by atoms with Crippen molar-refractivity contribution < 1.29 is 9.47 Å². The summed E-state index contributed by atoms with van der Waals surface area (Å²) in [5, 5.41) is 12.3. The molecule has 27 heavy (non-hydrogen) atoms. The first-order valence-electron chi connectivity index (χ1n) is 8.23. The van der Waals surface area contributed by atoms with Crippen molar-refractivity contribution in [1.82, 2.24) is 9.97 Å². The van der Waals surface area contributed by atoms with E-state index in [-0.39, 0.29) is 0 Å². The first-order chi connectivity index (χ1) is 13.3. The Balaban J connectivity index is 1.70. The number of nitriles is 1. The summed E-state index contributed by atoms with van der Waals surface area (Å²) in [6.07, 6.45) is 3.18. The van der Waals surface area contributed by atoms with Crippen LogP contribution in [0.25, 0.3) is 0 Å². The Kier molecular flexibility index (Phi) is 4.37. The molecule has 3 aromatic rings. The van der Waals surface area contributed by atoms with Crippen LogP contribution in [0, 0.1) is 11.3 Å². The SMILES string of the molecule is COc1ccc2c(c1)C=NCc1c(Nc3cccc(C#N)c3)ncnc1O2. The topological polar surface area (TPSA) is 92.4 Å². The van der Waals surface area contributed by atoms with Gasteiger partial charge in [-0.1, -0.05) is 6.07 Å². The molecule has 2 aromatic carbocycles. The van der Waals surface area contributed by atoms with E-state index in [1.165, 1.54) is 6.33 Å². The number of fused-ring (bicyclic) bond motifs is 2. The average molecular weight is 357 g/mol. The van der Waals surface area contributed by atoms with E-state index < -0.39 is 0 Å². The molecule has 1 aliphatic rings. The van der Waals surface area contributed by atoms with Gasteiger partial charge in [0, 0.05) is 17.5 Å². The van der Waals surface area contributed by atoms with Gasteiger partial charge in [0.1, 0.15) is 23.6 Å². The summed E-state index contributed by atoms with van der Waals surface area (Å²) < 4.78 is 11.3. The Labute approximate surface area is 156 Å². The Morgan fingerprint density at radius 1 is 1.19 bits per heavy atom. The second-order valence-electron chi connectivity index (χ2n) is 5.80. The largest absolute Gasteiger partial charge is 0.497 e. The maximum Gasteiger partial charge on any atom is 0.229 e. The van der Waals surface area contributed by atoms with Crippen LogP contribution in [0.15, 0.2) is 53.8 Å². The van der Waals surface area contributed by atoms with Crippen LogP contribution in [0.4, 0.5) is 11.5 Å². The molecule has 0 atom stereocenters. The number of benzene rings is 2. The van der Waals surface area contributed by atoms with Gasteiger partial charge in [-0.2, -0.15) is 5.26 Å². The highest BCUT2D eigenvalue weighted by Crippen LogP contribution is 2.33. The van der Waals surface area contributed by atoms with Gasteiger partial charge in [-0.25, -0.2) is 9.97 Å². The highest BCUT2D eigenvalue weighted by molar-refractivity contribution is 5.85. The van der Waals surface area contributed by atoms with Crippen molar-refractivity contribution in [2.75, 3.05) is 12.4 Å². The van der Waals surface area contributed by atoms with Crippen molar-refractivity contribution in [2.24, 2.45) is 4.99 Å². The number of rotatable bonds is 3. The first kappa shape index (κ1) is 16.5. The van der Waals surface area contributed by atoms with Gasteiger partial charge >= 0.3 is 0 Å². The molecule has 0 amide bonds. The third kappa shape index (κ3) is 3.41. The second-order valence-corrected chi connectivity index (χ2v) is 5.80. The molecule has 0 saturated carbocycles. The maximum absolute atomic E-state index is 9.07. The van der Waals surface area contributed by atoms with Gasteiger partial charge in [-0.15, -0.1) is 0 Å². The van der Waals surface area contributed by atoms with Gasteiger partial charge in [0.15, 0.2) is 0 Å². The molecule has 4 rings (SSSR count). The number of aromatic nitrogens is 2. The van der Waals surface area contributed by atoms with Crippen molar-refractivity contribution in [3.8, 4) is 23.4 Å². The minimum atomic E-state index is 0.354. The summed E-state index contributed by atoms with van der Waals surface area (Å²) in [6, 6.07) is 14.8. The third-order valence-electron chi connectivity index (χ3n) is 4.06. The van der Waals surface area contributed by atoms with Crippen LogP contribution in [0.3, 0.4) is 0 Å². The molecule has 7 heteroatoms. The number of anilines is 2. The smallest absolute Gasteiger partial charge is 0.229 e. The summed E-state index contributed by atoms with van der Waals surface area (Å²) in [6.45, 7) is 0.354. The standard InChI is InChI=1S/C20H15N5O2/c1-26-16-5-6-18-14(8-16)10-22-11-17-19(23-12-24-20(17)27-18)25-15-4-2-3-13(7-15)9-21/h2-8,10,12H,11H2,1H3,(H,23,24,25). The number of ether oxygens (including phenoxy) is 2. The van der Waals surface area contributed by atoms with Crippen molar-refractivity contribution >= 4 is 17.7 Å². The minimum absolute atomic E-state index is 0.354. The Morgan fingerprint density at radius 2 is 2.11 bits per heavy atom. The average Bonchev–Trinajstić information content (AvgIpc) is 2.69. The zero-order valence-electron chi connectivity index (χ0n) is 14.5. The number of nitrogens with one attached hydrogen (secondary N) is 1. The van der Waals surface area contributed by atoms with E-state index in [9.17, 15) is 0 Å². The van der Waals surface area contributed by atoms with Gasteiger partial charge in [0.2, 0.25) is 5.88 Å². The zero-order valence-corrected chi connectivity index (χ0v) is 14.5. The summed E-state index contributed by atoms with van der Waals surface area (Å²) in [5.74, 6) is 2.39. The number of methoxy groups -OCH3 is 1. The fourth-order valence-corrected chi connectivity index (χ4v) is 2.72. The van der Waals surface area contributed by atoms with E-state index in [1.807, 2.05) is 30.3 Å². The summed E-state index contributed by atoms with van der Waals surface area (Å²) in [7, 11) is 1.62. The van der Waals surface area contributed by atoms with Crippen LogP contribution in [0.5, 0.6) is 17.4 Å². The summed E-state index contributed by atoms with van der Waals surface area (Å²) in [5.41, 5.74) is 2.87. The number of hydrogen-bond acceptors (Lipinski definition) is 7. The predicted molar refractivity (Wildman–Crippen MR) is 101 cm³/mol. The van der Waals surface area contributed by atoms with Crippen LogP contribution in [-0.4, -0.2) is 23.3 Å². The molecule has 0 spiro atoms. The molecule has 0 fully saturated rings. The molecule has 1 aromatic heterocycles. The van der Waals surface area contributed by atoms with Gasteiger partial charge in [0.25, 0.3) is 0 Å². The lowest BCUT2D eigenvalue weighted by atomic mass is 10.2. The summed E-state index contributed by atoms with van der Waals surface area (Å²) >= 11 is 0. The molecular weight excluding hydrogens is 342 g/mol. The monoisotopic (exact) mass is 357 g/mol. The normalized spacial score (nSPS) is 11.9. The van der Waals surface area contributed by atoms with E-state index in [4.69, 9.17) is 14.7 Å². The molecule has 0 unspecified atom stereocenters. The number of nitrogens with zero attached hydrogens (tertiary/aromatic N) is 4. The van der Waals surface area contributed by atoms with Crippen LogP contribution in [0.2, 0.25) is 0 Å². The van der Waals surface area contributed by atoms with Crippen LogP contribution in [0.1, 0.15) is 16.7 Å². The quantitative estimate of drug-likeness (QED) is 0.766. The maximum atomic E-state index is 9.07. The fraction of sp³-hybridized carbons (Fsp3) is 0.100. The lowest BCUT2D eigenvalue weighted by Crippen LogP contribution is -2.06. The minimum Gasteiger partial charge on any atom is -0.497 e. The van der Waals surface area contributed by atoms with Crippen molar-refractivity contribution in [3.63, 3.8) is 0 Å². The van der Waals surface area contributed by atoms with Crippen molar-refractivity contribution in [2.45, 2.75) is 6.54 Å². The molecule has 132 valence electrons. The highest BCUT2D eigenvalue weighted by atomic mass is 16.5. The lowest BCUT2D eigenvalue weighted by molar-refractivity contribution is 0.411. The van der Waals surface area contributed by atoms with Crippen LogP contribution in [-0.2, 0) is 6.54 Å². The predicted octanol–water partition coefficient (Wildman–Crippen LogP) is 3.83. The van der Waals surface area contributed by atoms with E-state index in [1.54, 1.807) is 25.5 Å². The van der Waals surface area contributed by atoms with Crippen LogP contribution < -0.4 is 14.8 Å². The van der Waals surface area contributed by atoms with Crippen LogP contribution >= 0.6 is 0 Å². The highest BCUT2D eigenvalue weighted by Gasteiger charge is 2.17. The molecule has 0 saturated heterocycles.